The van der Waals surface area contributed by atoms with Crippen molar-refractivity contribution < 1.29 is 5.11 Å². The minimum absolute atomic E-state index is 0.0647. The van der Waals surface area contributed by atoms with Crippen LogP contribution in [0.2, 0.25) is 0 Å². The summed E-state index contributed by atoms with van der Waals surface area (Å²) < 4.78 is 0. The Kier molecular flexibility index (Phi) is 4.06. The molecule has 2 unspecified atom stereocenters. The molecule has 82 valence electrons. The van der Waals surface area contributed by atoms with Crippen LogP contribution in [0.5, 0.6) is 0 Å². The lowest BCUT2D eigenvalue weighted by Crippen LogP contribution is -2.46. The van der Waals surface area contributed by atoms with Crippen molar-refractivity contribution in [2.24, 2.45) is 0 Å². The van der Waals surface area contributed by atoms with Crippen LogP contribution in [0.4, 0.5) is 0 Å². The molecule has 1 rings (SSSR count). The third kappa shape index (κ3) is 2.91. The van der Waals surface area contributed by atoms with E-state index in [4.69, 9.17) is 0 Å². The van der Waals surface area contributed by atoms with Gasteiger partial charge in [-0.25, -0.2) is 0 Å². The van der Waals surface area contributed by atoms with Gasteiger partial charge in [-0.1, -0.05) is 36.4 Å². The Balaban J connectivity index is 2.90. The van der Waals surface area contributed by atoms with Gasteiger partial charge in [-0.2, -0.15) is 0 Å². The molecule has 2 nitrogen and oxygen atoms in total. The highest BCUT2D eigenvalue weighted by Crippen LogP contribution is 2.20. The summed E-state index contributed by atoms with van der Waals surface area (Å²) in [5.41, 5.74) is 0.677. The van der Waals surface area contributed by atoms with Crippen LogP contribution >= 0.6 is 0 Å². The van der Waals surface area contributed by atoms with E-state index in [9.17, 15) is 5.11 Å². The second-order valence-corrected chi connectivity index (χ2v) is 4.02. The Hall–Kier alpha value is -1.12. The summed E-state index contributed by atoms with van der Waals surface area (Å²) in [4.78, 5) is 0. The minimum atomic E-state index is -0.408. The lowest BCUT2D eigenvalue weighted by Gasteiger charge is -2.31. The van der Waals surface area contributed by atoms with Crippen LogP contribution in [0.15, 0.2) is 43.0 Å². The van der Waals surface area contributed by atoms with Gasteiger partial charge in [-0.3, -0.25) is 5.32 Å². The third-order valence-corrected chi connectivity index (χ3v) is 2.63. The summed E-state index contributed by atoms with van der Waals surface area (Å²) in [5, 5.41) is 12.8. The molecule has 0 aliphatic rings. The van der Waals surface area contributed by atoms with Gasteiger partial charge in [0.2, 0.25) is 0 Å². The van der Waals surface area contributed by atoms with Gasteiger partial charge in [0.25, 0.3) is 0 Å². The van der Waals surface area contributed by atoms with Crippen LogP contribution in [0.25, 0.3) is 0 Å². The van der Waals surface area contributed by atoms with E-state index in [0.717, 1.165) is 5.56 Å². The molecule has 0 heterocycles. The first kappa shape index (κ1) is 12.0. The van der Waals surface area contributed by atoms with Crippen LogP contribution in [-0.2, 0) is 5.54 Å². The molecule has 0 bridgehead atoms. The minimum Gasteiger partial charge on any atom is -0.394 e. The van der Waals surface area contributed by atoms with Gasteiger partial charge in [0.05, 0.1) is 12.1 Å². The van der Waals surface area contributed by atoms with Crippen LogP contribution in [0.1, 0.15) is 19.4 Å². The quantitative estimate of drug-likeness (QED) is 0.721. The Bertz CT molecular complexity index is 310. The molecular weight excluding hydrogens is 186 g/mol. The molecule has 1 aromatic rings. The van der Waals surface area contributed by atoms with Gasteiger partial charge >= 0.3 is 0 Å². The van der Waals surface area contributed by atoms with Gasteiger partial charge in [0.15, 0.2) is 0 Å². The molecule has 2 atom stereocenters. The molecule has 0 amide bonds. The van der Waals surface area contributed by atoms with E-state index in [1.165, 1.54) is 0 Å². The number of benzene rings is 1. The smallest absolute Gasteiger partial charge is 0.0652 e. The van der Waals surface area contributed by atoms with Gasteiger partial charge in [-0.05, 0) is 19.4 Å². The zero-order valence-corrected chi connectivity index (χ0v) is 9.40. The fraction of sp³-hybridized carbons (Fsp3) is 0.385. The summed E-state index contributed by atoms with van der Waals surface area (Å²) >= 11 is 0. The first-order valence-corrected chi connectivity index (χ1v) is 5.19. The standard InChI is InChI=1S/C13H19NO/c1-4-11(2)14-13(3,10-15)12-8-6-5-7-9-12/h4-9,11,14-15H,1,10H2,2-3H3. The maximum atomic E-state index is 9.49. The molecule has 0 aliphatic heterocycles. The van der Waals surface area contributed by atoms with Crippen molar-refractivity contribution in [3.05, 3.63) is 48.6 Å². The van der Waals surface area contributed by atoms with E-state index in [1.54, 1.807) is 0 Å². The largest absolute Gasteiger partial charge is 0.394 e. The Labute approximate surface area is 91.6 Å². The summed E-state index contributed by atoms with van der Waals surface area (Å²) in [7, 11) is 0. The normalized spacial score (nSPS) is 16.7. The van der Waals surface area contributed by atoms with Crippen molar-refractivity contribution in [1.29, 1.82) is 0 Å². The molecule has 0 aromatic heterocycles. The zero-order valence-electron chi connectivity index (χ0n) is 9.40. The first-order chi connectivity index (χ1) is 7.12. The number of aliphatic hydroxyl groups is 1. The Morgan fingerprint density at radius 1 is 1.47 bits per heavy atom. The fourth-order valence-electron chi connectivity index (χ4n) is 1.59. The van der Waals surface area contributed by atoms with Crippen molar-refractivity contribution in [1.82, 2.24) is 5.32 Å². The Morgan fingerprint density at radius 3 is 2.53 bits per heavy atom. The van der Waals surface area contributed by atoms with Crippen LogP contribution in [0.3, 0.4) is 0 Å². The second kappa shape index (κ2) is 5.10. The zero-order chi connectivity index (χ0) is 11.3. The number of rotatable bonds is 5. The van der Waals surface area contributed by atoms with Gasteiger partial charge in [0, 0.05) is 6.04 Å². The molecule has 1 aromatic carbocycles. The van der Waals surface area contributed by atoms with Gasteiger partial charge in [-0.15, -0.1) is 6.58 Å². The molecule has 0 saturated carbocycles. The number of nitrogens with one attached hydrogen (secondary N) is 1. The highest BCUT2D eigenvalue weighted by molar-refractivity contribution is 5.24. The SMILES string of the molecule is C=CC(C)NC(C)(CO)c1ccccc1. The van der Waals surface area contributed by atoms with Crippen molar-refractivity contribution >= 4 is 0 Å². The number of aliphatic hydroxyl groups excluding tert-OH is 1. The summed E-state index contributed by atoms with van der Waals surface area (Å²) in [6.45, 7) is 7.80. The molecule has 2 heteroatoms. The van der Waals surface area contributed by atoms with Gasteiger partial charge in [0.1, 0.15) is 0 Å². The average Bonchev–Trinajstić information content (AvgIpc) is 2.30. The second-order valence-electron chi connectivity index (χ2n) is 4.02. The molecule has 0 spiro atoms. The molecule has 0 aliphatic carbocycles. The van der Waals surface area contributed by atoms with Crippen molar-refractivity contribution in [2.45, 2.75) is 25.4 Å². The van der Waals surface area contributed by atoms with Gasteiger partial charge < -0.3 is 5.11 Å². The van der Waals surface area contributed by atoms with Crippen LogP contribution < -0.4 is 5.32 Å². The topological polar surface area (TPSA) is 32.3 Å². The van der Waals surface area contributed by atoms with E-state index in [1.807, 2.05) is 50.3 Å². The first-order valence-electron chi connectivity index (χ1n) is 5.19. The average molecular weight is 205 g/mol. The maximum Gasteiger partial charge on any atom is 0.0652 e. The van der Waals surface area contributed by atoms with Crippen molar-refractivity contribution in [3.8, 4) is 0 Å². The molecule has 15 heavy (non-hydrogen) atoms. The Morgan fingerprint density at radius 2 is 2.07 bits per heavy atom. The van der Waals surface area contributed by atoms with E-state index in [0.29, 0.717) is 0 Å². The highest BCUT2D eigenvalue weighted by atomic mass is 16.3. The summed E-state index contributed by atoms with van der Waals surface area (Å²) in [6.07, 6.45) is 1.83. The molecule has 0 radical (unpaired) electrons. The predicted octanol–water partition coefficient (Wildman–Crippen LogP) is 2.06. The highest BCUT2D eigenvalue weighted by Gasteiger charge is 2.25. The van der Waals surface area contributed by atoms with Crippen molar-refractivity contribution in [2.75, 3.05) is 6.61 Å². The van der Waals surface area contributed by atoms with E-state index in [2.05, 4.69) is 11.9 Å². The van der Waals surface area contributed by atoms with Crippen LogP contribution in [-0.4, -0.2) is 17.8 Å². The monoisotopic (exact) mass is 205 g/mol. The van der Waals surface area contributed by atoms with E-state index >= 15 is 0 Å². The molecular formula is C13H19NO. The fourth-order valence-corrected chi connectivity index (χ4v) is 1.59. The predicted molar refractivity (Wildman–Crippen MR) is 63.7 cm³/mol. The number of hydrogen-bond donors (Lipinski definition) is 2. The summed E-state index contributed by atoms with van der Waals surface area (Å²) in [6, 6.07) is 10.1. The van der Waals surface area contributed by atoms with E-state index in [-0.39, 0.29) is 12.6 Å². The lowest BCUT2D eigenvalue weighted by atomic mass is 9.92. The molecule has 0 fully saturated rings. The molecule has 2 N–H and O–H groups in total. The lowest BCUT2D eigenvalue weighted by molar-refractivity contribution is 0.169. The molecule has 0 saturated heterocycles. The van der Waals surface area contributed by atoms with Crippen molar-refractivity contribution in [3.63, 3.8) is 0 Å². The number of hydrogen-bond acceptors (Lipinski definition) is 2. The van der Waals surface area contributed by atoms with Crippen LogP contribution in [0, 0.1) is 0 Å². The third-order valence-electron chi connectivity index (χ3n) is 2.63. The summed E-state index contributed by atoms with van der Waals surface area (Å²) in [5.74, 6) is 0. The maximum absolute atomic E-state index is 9.49. The van der Waals surface area contributed by atoms with E-state index < -0.39 is 5.54 Å².